The fourth-order valence-electron chi connectivity index (χ4n) is 2.88. The van der Waals surface area contributed by atoms with Gasteiger partial charge in [-0.25, -0.2) is 14.3 Å². The molecule has 0 radical (unpaired) electrons. The van der Waals surface area contributed by atoms with E-state index in [-0.39, 0.29) is 6.54 Å². The van der Waals surface area contributed by atoms with Crippen LogP contribution in [0.3, 0.4) is 0 Å². The fourth-order valence-corrected chi connectivity index (χ4v) is 2.88. The lowest BCUT2D eigenvalue weighted by Gasteiger charge is -2.30. The molecule has 0 amide bonds. The predicted octanol–water partition coefficient (Wildman–Crippen LogP) is 3.04. The molecule has 1 rings (SSSR count). The summed E-state index contributed by atoms with van der Waals surface area (Å²) in [7, 11) is 0. The molecule has 1 aliphatic heterocycles. The van der Waals surface area contributed by atoms with Crippen molar-refractivity contribution in [3.63, 3.8) is 0 Å². The minimum absolute atomic E-state index is 0.0376. The molecule has 0 aromatic carbocycles. The molecule has 0 fully saturated rings. The third kappa shape index (κ3) is 6.12. The number of rotatable bonds is 12. The van der Waals surface area contributed by atoms with Gasteiger partial charge in [0, 0.05) is 13.0 Å². The van der Waals surface area contributed by atoms with Crippen LogP contribution in [0.5, 0.6) is 0 Å². The summed E-state index contributed by atoms with van der Waals surface area (Å²) in [6.45, 7) is 3.15. The standard InChI is InChI=1S/C17H29N3O2/c1-2-3-4-5-6-7-8-9-10-16-19-12-14-20(16,13-11-18)15-17(21)22/h2-3,12,14H,4-11,13,15,18H2,1H3/p+1/b3-2+. The van der Waals surface area contributed by atoms with Crippen LogP contribution in [0.2, 0.25) is 0 Å². The maximum Gasteiger partial charge on any atom is 0.360 e. The predicted molar refractivity (Wildman–Crippen MR) is 90.4 cm³/mol. The number of aliphatic carboxylic acids is 1. The van der Waals surface area contributed by atoms with Crippen LogP contribution in [-0.4, -0.2) is 41.0 Å². The largest absolute Gasteiger partial charge is 0.477 e. The van der Waals surface area contributed by atoms with Crippen molar-refractivity contribution in [2.45, 2.75) is 51.9 Å². The lowest BCUT2D eigenvalue weighted by molar-refractivity contribution is -0.778. The Labute approximate surface area is 133 Å². The zero-order chi connectivity index (χ0) is 16.3. The number of nitrogens with zero attached hydrogens (tertiary/aromatic N) is 2. The molecule has 5 nitrogen and oxygen atoms in total. The third-order valence-corrected chi connectivity index (χ3v) is 4.04. The molecule has 0 saturated carbocycles. The van der Waals surface area contributed by atoms with Crippen molar-refractivity contribution in [3.05, 3.63) is 24.6 Å². The highest BCUT2D eigenvalue weighted by atomic mass is 16.4. The van der Waals surface area contributed by atoms with Crippen molar-refractivity contribution in [2.75, 3.05) is 19.6 Å². The molecule has 3 N–H and O–H groups in total. The quantitative estimate of drug-likeness (QED) is 0.330. The van der Waals surface area contributed by atoms with E-state index in [2.05, 4.69) is 24.1 Å². The summed E-state index contributed by atoms with van der Waals surface area (Å²) in [6, 6.07) is 0. The highest BCUT2D eigenvalue weighted by Crippen LogP contribution is 2.21. The van der Waals surface area contributed by atoms with Crippen molar-refractivity contribution >= 4 is 11.8 Å². The smallest absolute Gasteiger partial charge is 0.360 e. The van der Waals surface area contributed by atoms with Gasteiger partial charge in [0.25, 0.3) is 0 Å². The maximum atomic E-state index is 11.1. The molecular weight excluding hydrogens is 278 g/mol. The number of carboxylic acids is 1. The average molecular weight is 308 g/mol. The van der Waals surface area contributed by atoms with Gasteiger partial charge in [-0.1, -0.05) is 31.4 Å². The first-order chi connectivity index (χ1) is 10.6. The summed E-state index contributed by atoms with van der Waals surface area (Å²) in [6.07, 6.45) is 15.9. The normalized spacial score (nSPS) is 20.7. The highest BCUT2D eigenvalue weighted by Gasteiger charge is 2.36. The summed E-state index contributed by atoms with van der Waals surface area (Å²) in [5.74, 6) is 0.137. The molecule has 1 aliphatic rings. The van der Waals surface area contributed by atoms with Gasteiger partial charge in [-0.2, -0.15) is 0 Å². The van der Waals surface area contributed by atoms with Gasteiger partial charge in [0.2, 0.25) is 5.84 Å². The topological polar surface area (TPSA) is 75.7 Å². The van der Waals surface area contributed by atoms with Crippen LogP contribution in [0.15, 0.2) is 29.5 Å². The van der Waals surface area contributed by atoms with E-state index in [0.29, 0.717) is 17.6 Å². The number of allylic oxidation sites excluding steroid dienone is 2. The van der Waals surface area contributed by atoms with Crippen molar-refractivity contribution in [1.82, 2.24) is 0 Å². The van der Waals surface area contributed by atoms with Gasteiger partial charge in [0.05, 0.1) is 6.20 Å². The number of hydrogen-bond donors (Lipinski definition) is 2. The number of quaternary nitrogens is 1. The Morgan fingerprint density at radius 3 is 2.73 bits per heavy atom. The molecule has 0 bridgehead atoms. The van der Waals surface area contributed by atoms with E-state index in [1.807, 2.05) is 6.20 Å². The molecule has 5 heteroatoms. The first-order valence-electron chi connectivity index (χ1n) is 8.29. The molecule has 0 aromatic rings. The van der Waals surface area contributed by atoms with E-state index in [1.165, 1.54) is 32.1 Å². The monoisotopic (exact) mass is 308 g/mol. The summed E-state index contributed by atoms with van der Waals surface area (Å²) < 4.78 is 0.299. The summed E-state index contributed by atoms with van der Waals surface area (Å²) >= 11 is 0. The Kier molecular flexibility index (Phi) is 8.70. The van der Waals surface area contributed by atoms with Gasteiger partial charge in [-0.05, 0) is 26.2 Å². The van der Waals surface area contributed by atoms with E-state index in [1.54, 1.807) is 6.20 Å². The summed E-state index contributed by atoms with van der Waals surface area (Å²) in [5.41, 5.74) is 5.66. The first-order valence-corrected chi connectivity index (χ1v) is 8.29. The minimum atomic E-state index is -0.809. The first kappa shape index (κ1) is 18.6. The Hall–Kier alpha value is -1.46. The van der Waals surface area contributed by atoms with Gasteiger partial charge in [-0.3, -0.25) is 0 Å². The second kappa shape index (κ2) is 10.3. The van der Waals surface area contributed by atoms with E-state index in [9.17, 15) is 4.79 Å². The Balaban J connectivity index is 2.33. The van der Waals surface area contributed by atoms with E-state index in [4.69, 9.17) is 10.8 Å². The number of unbranched alkanes of at least 4 members (excludes halogenated alkanes) is 5. The molecule has 1 atom stereocenters. The van der Waals surface area contributed by atoms with Crippen molar-refractivity contribution < 1.29 is 14.4 Å². The average Bonchev–Trinajstić information content (AvgIpc) is 2.84. The summed E-state index contributed by atoms with van der Waals surface area (Å²) in [5, 5.41) is 9.15. The molecular formula is C17H30N3O2+. The Morgan fingerprint density at radius 1 is 1.32 bits per heavy atom. The molecule has 0 saturated heterocycles. The van der Waals surface area contributed by atoms with Gasteiger partial charge in [0.1, 0.15) is 12.7 Å². The fraction of sp³-hybridized carbons (Fsp3) is 0.647. The van der Waals surface area contributed by atoms with E-state index < -0.39 is 5.97 Å². The van der Waals surface area contributed by atoms with Crippen molar-refractivity contribution in [1.29, 1.82) is 0 Å². The Morgan fingerprint density at radius 2 is 2.05 bits per heavy atom. The molecule has 22 heavy (non-hydrogen) atoms. The number of amidine groups is 1. The van der Waals surface area contributed by atoms with Gasteiger partial charge < -0.3 is 10.8 Å². The van der Waals surface area contributed by atoms with E-state index >= 15 is 0 Å². The van der Waals surface area contributed by atoms with Gasteiger partial charge in [0.15, 0.2) is 6.54 Å². The molecule has 124 valence electrons. The number of hydrogen-bond acceptors (Lipinski definition) is 3. The molecule has 1 unspecified atom stereocenters. The minimum Gasteiger partial charge on any atom is -0.477 e. The van der Waals surface area contributed by atoms with Gasteiger partial charge in [-0.15, -0.1) is 0 Å². The molecule has 0 spiro atoms. The number of carboxylic acid groups (broad SMARTS) is 1. The van der Waals surface area contributed by atoms with Gasteiger partial charge >= 0.3 is 5.97 Å². The zero-order valence-corrected chi connectivity index (χ0v) is 13.7. The van der Waals surface area contributed by atoms with Crippen LogP contribution in [0.25, 0.3) is 0 Å². The highest BCUT2D eigenvalue weighted by molar-refractivity contribution is 5.81. The van der Waals surface area contributed by atoms with Crippen LogP contribution in [0.1, 0.15) is 51.9 Å². The lowest BCUT2D eigenvalue weighted by Crippen LogP contribution is -2.52. The third-order valence-electron chi connectivity index (χ3n) is 4.04. The molecule has 1 heterocycles. The second-order valence-electron chi connectivity index (χ2n) is 5.82. The Bertz CT molecular complexity index is 430. The maximum absolute atomic E-state index is 11.1. The van der Waals surface area contributed by atoms with E-state index in [0.717, 1.165) is 18.7 Å². The van der Waals surface area contributed by atoms with Crippen LogP contribution >= 0.6 is 0 Å². The molecule has 0 aliphatic carbocycles. The number of aliphatic imine (C=N–C) groups is 1. The van der Waals surface area contributed by atoms with Crippen LogP contribution in [-0.2, 0) is 4.79 Å². The molecule has 0 aromatic heterocycles. The lowest BCUT2D eigenvalue weighted by atomic mass is 10.1. The second-order valence-corrected chi connectivity index (χ2v) is 5.82. The summed E-state index contributed by atoms with van der Waals surface area (Å²) in [4.78, 5) is 15.5. The SMILES string of the molecule is C/C=C/CCCCCCCC1=NC=C[N+]1(CCN)CC(=O)O. The van der Waals surface area contributed by atoms with Crippen molar-refractivity contribution in [3.8, 4) is 0 Å². The van der Waals surface area contributed by atoms with Crippen LogP contribution in [0.4, 0.5) is 0 Å². The number of carbonyl (C=O) groups is 1. The van der Waals surface area contributed by atoms with Crippen LogP contribution < -0.4 is 5.73 Å². The van der Waals surface area contributed by atoms with Crippen LogP contribution in [0, 0.1) is 0 Å². The number of nitrogens with two attached hydrogens (primary N) is 1. The van der Waals surface area contributed by atoms with Crippen molar-refractivity contribution in [2.24, 2.45) is 10.7 Å². The zero-order valence-electron chi connectivity index (χ0n) is 13.7.